The van der Waals surface area contributed by atoms with Crippen molar-refractivity contribution in [2.75, 3.05) is 18.1 Å². The molecule has 1 aliphatic heterocycles. The van der Waals surface area contributed by atoms with E-state index in [4.69, 9.17) is 27.9 Å². The molecule has 4 nitrogen and oxygen atoms in total. The number of rotatable bonds is 4. The number of aromatic nitrogens is 1. The van der Waals surface area contributed by atoms with Crippen LogP contribution in [0.4, 0.5) is 5.13 Å². The summed E-state index contributed by atoms with van der Waals surface area (Å²) < 4.78 is 6.79. The Balaban J connectivity index is 1.71. The third kappa shape index (κ3) is 3.58. The second-order valence-corrected chi connectivity index (χ2v) is 7.97. The van der Waals surface area contributed by atoms with E-state index in [1.807, 2.05) is 24.3 Å². The molecule has 1 aromatic heterocycles. The van der Waals surface area contributed by atoms with Gasteiger partial charge in [-0.1, -0.05) is 46.7 Å². The number of halogens is 2. The molecule has 0 aliphatic carbocycles. The number of benzene rings is 2. The first kappa shape index (κ1) is 17.7. The molecule has 2 aromatic carbocycles. The van der Waals surface area contributed by atoms with E-state index < -0.39 is 0 Å². The van der Waals surface area contributed by atoms with E-state index in [0.717, 1.165) is 29.7 Å². The van der Waals surface area contributed by atoms with Crippen molar-refractivity contribution in [1.29, 1.82) is 0 Å². The van der Waals surface area contributed by atoms with E-state index in [1.165, 1.54) is 11.3 Å². The Kier molecular flexibility index (Phi) is 5.14. The van der Waals surface area contributed by atoms with Crippen molar-refractivity contribution in [3.05, 3.63) is 58.1 Å². The first-order valence-electron chi connectivity index (χ1n) is 8.36. The lowest BCUT2D eigenvalue weighted by Gasteiger charge is -2.23. The molecule has 0 N–H and O–H groups in total. The van der Waals surface area contributed by atoms with Gasteiger partial charge in [0.25, 0.3) is 5.91 Å². The topological polar surface area (TPSA) is 42.4 Å². The molecule has 134 valence electrons. The Labute approximate surface area is 165 Å². The summed E-state index contributed by atoms with van der Waals surface area (Å²) in [5, 5.41) is 1.45. The average molecular weight is 407 g/mol. The molecule has 0 spiro atoms. The molecular weight excluding hydrogens is 391 g/mol. The highest BCUT2D eigenvalue weighted by Gasteiger charge is 2.27. The predicted molar refractivity (Wildman–Crippen MR) is 107 cm³/mol. The van der Waals surface area contributed by atoms with Crippen molar-refractivity contribution < 1.29 is 9.53 Å². The summed E-state index contributed by atoms with van der Waals surface area (Å²) in [6.07, 6.45) is 1.98. The lowest BCUT2D eigenvalue weighted by molar-refractivity contribution is 0.0917. The normalized spacial score (nSPS) is 16.9. The Morgan fingerprint density at radius 3 is 2.81 bits per heavy atom. The van der Waals surface area contributed by atoms with Crippen molar-refractivity contribution in [3.63, 3.8) is 0 Å². The van der Waals surface area contributed by atoms with E-state index in [0.29, 0.717) is 27.3 Å². The fourth-order valence-electron chi connectivity index (χ4n) is 3.00. The van der Waals surface area contributed by atoms with Crippen LogP contribution < -0.4 is 4.90 Å². The van der Waals surface area contributed by atoms with E-state index in [2.05, 4.69) is 4.98 Å². The number of thiazole rings is 1. The van der Waals surface area contributed by atoms with Gasteiger partial charge >= 0.3 is 0 Å². The van der Waals surface area contributed by atoms with Crippen LogP contribution in [0.1, 0.15) is 23.2 Å². The predicted octanol–water partition coefficient (Wildman–Crippen LogP) is 5.43. The Bertz CT molecular complexity index is 921. The van der Waals surface area contributed by atoms with Crippen LogP contribution in [0, 0.1) is 0 Å². The van der Waals surface area contributed by atoms with E-state index >= 15 is 0 Å². The van der Waals surface area contributed by atoms with Crippen molar-refractivity contribution in [2.45, 2.75) is 18.9 Å². The van der Waals surface area contributed by atoms with Gasteiger partial charge in [-0.3, -0.25) is 9.69 Å². The SMILES string of the molecule is O=C(c1ccc(Cl)c(Cl)c1)N(CC1CCCO1)c1nc2ccccc2s1. The van der Waals surface area contributed by atoms with Gasteiger partial charge in [-0.05, 0) is 43.2 Å². The van der Waals surface area contributed by atoms with Crippen LogP contribution in [0.25, 0.3) is 10.2 Å². The van der Waals surface area contributed by atoms with Crippen LogP contribution in [0.3, 0.4) is 0 Å². The van der Waals surface area contributed by atoms with Crippen LogP contribution in [-0.4, -0.2) is 30.1 Å². The molecule has 0 saturated carbocycles. The van der Waals surface area contributed by atoms with Crippen molar-refractivity contribution in [1.82, 2.24) is 4.98 Å². The number of para-hydroxylation sites is 1. The van der Waals surface area contributed by atoms with Crippen LogP contribution in [0.15, 0.2) is 42.5 Å². The van der Waals surface area contributed by atoms with Crippen LogP contribution >= 0.6 is 34.5 Å². The molecule has 2 heterocycles. The Morgan fingerprint density at radius 1 is 1.23 bits per heavy atom. The van der Waals surface area contributed by atoms with Gasteiger partial charge in [-0.25, -0.2) is 4.98 Å². The molecule has 7 heteroatoms. The summed E-state index contributed by atoms with van der Waals surface area (Å²) >= 11 is 13.6. The van der Waals surface area contributed by atoms with E-state index in [1.54, 1.807) is 23.1 Å². The first-order chi connectivity index (χ1) is 12.6. The lowest BCUT2D eigenvalue weighted by Crippen LogP contribution is -2.37. The average Bonchev–Trinajstić information content (AvgIpc) is 3.30. The molecule has 0 radical (unpaired) electrons. The summed E-state index contributed by atoms with van der Waals surface area (Å²) in [5.41, 5.74) is 1.36. The zero-order valence-electron chi connectivity index (χ0n) is 13.8. The van der Waals surface area contributed by atoms with Gasteiger partial charge in [-0.15, -0.1) is 0 Å². The summed E-state index contributed by atoms with van der Waals surface area (Å²) in [5.74, 6) is -0.155. The van der Waals surface area contributed by atoms with Crippen LogP contribution in [0.5, 0.6) is 0 Å². The van der Waals surface area contributed by atoms with Gasteiger partial charge in [0.2, 0.25) is 0 Å². The maximum Gasteiger partial charge on any atom is 0.260 e. The first-order valence-corrected chi connectivity index (χ1v) is 9.93. The summed E-state index contributed by atoms with van der Waals surface area (Å²) in [6.45, 7) is 1.21. The van der Waals surface area contributed by atoms with Gasteiger partial charge in [0.05, 0.1) is 32.9 Å². The number of nitrogens with zero attached hydrogens (tertiary/aromatic N) is 2. The zero-order chi connectivity index (χ0) is 18.1. The molecule has 3 aromatic rings. The number of fused-ring (bicyclic) bond motifs is 1. The number of anilines is 1. The lowest BCUT2D eigenvalue weighted by atomic mass is 10.1. The fraction of sp³-hybridized carbons (Fsp3) is 0.263. The highest BCUT2D eigenvalue weighted by molar-refractivity contribution is 7.22. The van der Waals surface area contributed by atoms with Gasteiger partial charge < -0.3 is 4.74 Å². The molecule has 0 bridgehead atoms. The molecular formula is C19H16Cl2N2O2S. The van der Waals surface area contributed by atoms with Gasteiger partial charge in [0.15, 0.2) is 5.13 Å². The molecule has 1 aliphatic rings. The van der Waals surface area contributed by atoms with Gasteiger partial charge in [-0.2, -0.15) is 0 Å². The minimum Gasteiger partial charge on any atom is -0.376 e. The largest absolute Gasteiger partial charge is 0.376 e. The number of amides is 1. The van der Waals surface area contributed by atoms with E-state index in [-0.39, 0.29) is 12.0 Å². The summed E-state index contributed by atoms with van der Waals surface area (Å²) in [6, 6.07) is 12.8. The second kappa shape index (κ2) is 7.53. The van der Waals surface area contributed by atoms with Gasteiger partial charge in [0.1, 0.15) is 0 Å². The highest BCUT2D eigenvalue weighted by Crippen LogP contribution is 2.31. The van der Waals surface area contributed by atoms with Crippen molar-refractivity contribution in [2.24, 2.45) is 0 Å². The Morgan fingerprint density at radius 2 is 2.08 bits per heavy atom. The quantitative estimate of drug-likeness (QED) is 0.579. The second-order valence-electron chi connectivity index (χ2n) is 6.14. The molecule has 1 unspecified atom stereocenters. The van der Waals surface area contributed by atoms with E-state index in [9.17, 15) is 4.79 Å². The summed E-state index contributed by atoms with van der Waals surface area (Å²) in [4.78, 5) is 19.6. The molecule has 1 saturated heterocycles. The van der Waals surface area contributed by atoms with Gasteiger partial charge in [0, 0.05) is 12.2 Å². The molecule has 1 atom stereocenters. The molecule has 4 rings (SSSR count). The minimum atomic E-state index is -0.155. The zero-order valence-corrected chi connectivity index (χ0v) is 16.2. The molecule has 1 fully saturated rings. The molecule has 1 amide bonds. The number of carbonyl (C=O) groups is 1. The van der Waals surface area contributed by atoms with Crippen molar-refractivity contribution >= 4 is 55.8 Å². The maximum absolute atomic E-state index is 13.2. The van der Waals surface area contributed by atoms with Crippen LogP contribution in [0.2, 0.25) is 10.0 Å². The fourth-order valence-corrected chi connectivity index (χ4v) is 4.27. The summed E-state index contributed by atoms with van der Waals surface area (Å²) in [7, 11) is 0. The third-order valence-corrected chi connectivity index (χ3v) is 6.13. The standard InChI is InChI=1S/C19H16Cl2N2O2S/c20-14-8-7-12(10-15(14)21)18(24)23(11-13-4-3-9-25-13)19-22-16-5-1-2-6-17(16)26-19/h1-2,5-8,10,13H,3-4,9,11H2. The van der Waals surface area contributed by atoms with Crippen molar-refractivity contribution in [3.8, 4) is 0 Å². The van der Waals surface area contributed by atoms with Crippen LogP contribution in [-0.2, 0) is 4.74 Å². The smallest absolute Gasteiger partial charge is 0.260 e. The highest BCUT2D eigenvalue weighted by atomic mass is 35.5. The number of ether oxygens (including phenoxy) is 1. The minimum absolute atomic E-state index is 0.0220. The number of hydrogen-bond acceptors (Lipinski definition) is 4. The third-order valence-electron chi connectivity index (χ3n) is 4.34. The number of carbonyl (C=O) groups excluding carboxylic acids is 1. The number of hydrogen-bond donors (Lipinski definition) is 0. The maximum atomic E-state index is 13.2. The Hall–Kier alpha value is -1.66. The molecule has 26 heavy (non-hydrogen) atoms. The monoisotopic (exact) mass is 406 g/mol.